The van der Waals surface area contributed by atoms with E-state index in [1.165, 1.54) is 0 Å². The Kier molecular flexibility index (Phi) is 6.39. The number of methoxy groups -OCH3 is 3. The van der Waals surface area contributed by atoms with Crippen molar-refractivity contribution in [3.8, 4) is 23.1 Å². The largest absolute Gasteiger partial charge is 0.495 e. The van der Waals surface area contributed by atoms with Gasteiger partial charge >= 0.3 is 0 Å². The van der Waals surface area contributed by atoms with Crippen LogP contribution in [0.3, 0.4) is 0 Å². The van der Waals surface area contributed by atoms with E-state index in [2.05, 4.69) is 20.4 Å². The fourth-order valence-electron chi connectivity index (χ4n) is 3.38. The number of rotatable bonds is 8. The Morgan fingerprint density at radius 1 is 0.909 bits per heavy atom. The fourth-order valence-corrected chi connectivity index (χ4v) is 3.38. The second kappa shape index (κ2) is 9.56. The molecule has 0 bridgehead atoms. The van der Waals surface area contributed by atoms with Crippen LogP contribution in [0.5, 0.6) is 17.2 Å². The maximum atomic E-state index is 5.40. The molecule has 0 aliphatic heterocycles. The van der Waals surface area contributed by atoms with Gasteiger partial charge in [-0.05, 0) is 49.7 Å². The molecule has 0 amide bonds. The van der Waals surface area contributed by atoms with Gasteiger partial charge < -0.3 is 19.5 Å². The van der Waals surface area contributed by atoms with E-state index in [1.54, 1.807) is 38.4 Å². The summed E-state index contributed by atoms with van der Waals surface area (Å²) in [4.78, 5) is 13.6. The van der Waals surface area contributed by atoms with E-state index in [-0.39, 0.29) is 0 Å². The van der Waals surface area contributed by atoms with E-state index < -0.39 is 0 Å². The van der Waals surface area contributed by atoms with Crippen LogP contribution in [-0.2, 0) is 6.42 Å². The molecule has 9 heteroatoms. The van der Waals surface area contributed by atoms with Gasteiger partial charge in [-0.15, -0.1) is 0 Å². The molecule has 0 aliphatic rings. The van der Waals surface area contributed by atoms with Crippen LogP contribution in [0.15, 0.2) is 48.8 Å². The first-order valence-electron chi connectivity index (χ1n) is 10.4. The highest BCUT2D eigenvalue weighted by Crippen LogP contribution is 2.29. The second-order valence-corrected chi connectivity index (χ2v) is 7.38. The summed E-state index contributed by atoms with van der Waals surface area (Å²) < 4.78 is 17.7. The van der Waals surface area contributed by atoms with E-state index in [1.807, 2.05) is 50.2 Å². The minimum Gasteiger partial charge on any atom is -0.495 e. The molecule has 4 rings (SSSR count). The van der Waals surface area contributed by atoms with Gasteiger partial charge in [-0.2, -0.15) is 9.78 Å². The number of hydrogen-bond acceptors (Lipinski definition) is 8. The zero-order chi connectivity index (χ0) is 23.4. The van der Waals surface area contributed by atoms with Gasteiger partial charge in [-0.3, -0.25) is 0 Å². The first kappa shape index (κ1) is 22.1. The van der Waals surface area contributed by atoms with Gasteiger partial charge in [-0.1, -0.05) is 6.07 Å². The first-order valence-corrected chi connectivity index (χ1v) is 10.4. The number of hydrogen-bond donors (Lipinski definition) is 1. The van der Waals surface area contributed by atoms with Crippen molar-refractivity contribution in [3.05, 3.63) is 71.4 Å². The minimum atomic E-state index is 0.549. The normalized spacial score (nSPS) is 10.7. The Bertz CT molecular complexity index is 1250. The van der Waals surface area contributed by atoms with Crippen molar-refractivity contribution in [1.29, 1.82) is 0 Å². The average Bonchev–Trinajstić information content (AvgIpc) is 3.12. The Morgan fingerprint density at radius 2 is 1.73 bits per heavy atom. The number of nitrogens with one attached hydrogen (secondary N) is 1. The third-order valence-corrected chi connectivity index (χ3v) is 5.30. The number of benzene rings is 1. The Labute approximate surface area is 192 Å². The molecular formula is C24H26N6O3. The van der Waals surface area contributed by atoms with Gasteiger partial charge in [0.1, 0.15) is 23.2 Å². The van der Waals surface area contributed by atoms with Crippen molar-refractivity contribution in [3.63, 3.8) is 0 Å². The van der Waals surface area contributed by atoms with Crippen molar-refractivity contribution in [2.75, 3.05) is 26.6 Å². The van der Waals surface area contributed by atoms with Crippen LogP contribution in [0.4, 0.5) is 11.6 Å². The predicted octanol–water partition coefficient (Wildman–Crippen LogP) is 4.03. The highest BCUT2D eigenvalue weighted by atomic mass is 16.5. The number of pyridine rings is 1. The predicted molar refractivity (Wildman–Crippen MR) is 125 cm³/mol. The number of anilines is 2. The van der Waals surface area contributed by atoms with Crippen LogP contribution in [0.1, 0.15) is 22.6 Å². The van der Waals surface area contributed by atoms with Gasteiger partial charge in [0.2, 0.25) is 0 Å². The van der Waals surface area contributed by atoms with Crippen molar-refractivity contribution >= 4 is 11.6 Å². The summed E-state index contributed by atoms with van der Waals surface area (Å²) in [5.41, 5.74) is 2.92. The molecule has 0 saturated heterocycles. The summed E-state index contributed by atoms with van der Waals surface area (Å²) in [7, 11) is 4.85. The lowest BCUT2D eigenvalue weighted by atomic mass is 10.1. The van der Waals surface area contributed by atoms with Crippen LogP contribution >= 0.6 is 0 Å². The third kappa shape index (κ3) is 4.72. The van der Waals surface area contributed by atoms with E-state index in [0.29, 0.717) is 41.1 Å². The molecule has 0 fully saturated rings. The third-order valence-electron chi connectivity index (χ3n) is 5.30. The van der Waals surface area contributed by atoms with Crippen molar-refractivity contribution < 1.29 is 14.2 Å². The lowest BCUT2D eigenvalue weighted by molar-refractivity contribution is 0.354. The Balaban J connectivity index is 1.60. The molecule has 3 heterocycles. The van der Waals surface area contributed by atoms with Gasteiger partial charge in [0.05, 0.1) is 33.2 Å². The van der Waals surface area contributed by atoms with E-state index in [4.69, 9.17) is 19.2 Å². The van der Waals surface area contributed by atoms with E-state index >= 15 is 0 Å². The molecule has 0 saturated carbocycles. The van der Waals surface area contributed by atoms with Gasteiger partial charge in [0, 0.05) is 18.2 Å². The lowest BCUT2D eigenvalue weighted by Crippen LogP contribution is -2.07. The fraction of sp³-hybridized carbons (Fsp3) is 0.250. The number of aryl methyl sites for hydroxylation is 1. The maximum Gasteiger partial charge on any atom is 0.161 e. The van der Waals surface area contributed by atoms with Crippen molar-refractivity contribution in [1.82, 2.24) is 24.7 Å². The molecule has 170 valence electrons. The molecule has 9 nitrogen and oxygen atoms in total. The number of aromatic nitrogens is 5. The molecule has 33 heavy (non-hydrogen) atoms. The monoisotopic (exact) mass is 446 g/mol. The summed E-state index contributed by atoms with van der Waals surface area (Å²) in [6.07, 6.45) is 3.95. The molecular weight excluding hydrogens is 420 g/mol. The maximum absolute atomic E-state index is 5.40. The van der Waals surface area contributed by atoms with Crippen LogP contribution in [0.25, 0.3) is 5.82 Å². The van der Waals surface area contributed by atoms with Crippen LogP contribution in [0, 0.1) is 13.8 Å². The van der Waals surface area contributed by atoms with E-state index in [0.717, 1.165) is 22.6 Å². The standard InChI is InChI=1S/C24H26N6O3/c1-15-16(2)29-30(23-9-7-18(31-3)14-26-23)24(15)28-21-10-11-25-22(27-21)13-17-6-8-19(32-4)20(12-17)33-5/h6-12,14H,13H2,1-5H3,(H,25,27,28). The number of nitrogens with zero attached hydrogens (tertiary/aromatic N) is 5. The SMILES string of the molecule is COc1ccc(-n2nc(C)c(C)c2Nc2ccnc(Cc3ccc(OC)c(OC)c3)n2)nc1. The molecule has 0 spiro atoms. The molecule has 1 N–H and O–H groups in total. The molecule has 0 unspecified atom stereocenters. The van der Waals surface area contributed by atoms with Crippen molar-refractivity contribution in [2.24, 2.45) is 0 Å². The van der Waals surface area contributed by atoms with E-state index in [9.17, 15) is 0 Å². The van der Waals surface area contributed by atoms with Crippen LogP contribution < -0.4 is 19.5 Å². The zero-order valence-corrected chi connectivity index (χ0v) is 19.3. The van der Waals surface area contributed by atoms with Gasteiger partial charge in [-0.25, -0.2) is 15.0 Å². The topological polar surface area (TPSA) is 96.2 Å². The second-order valence-electron chi connectivity index (χ2n) is 7.38. The van der Waals surface area contributed by atoms with Gasteiger partial charge in [0.15, 0.2) is 17.3 Å². The highest BCUT2D eigenvalue weighted by Gasteiger charge is 2.15. The zero-order valence-electron chi connectivity index (χ0n) is 19.3. The van der Waals surface area contributed by atoms with Crippen LogP contribution in [-0.4, -0.2) is 46.1 Å². The molecule has 1 aromatic carbocycles. The smallest absolute Gasteiger partial charge is 0.161 e. The molecule has 4 aromatic rings. The molecule has 0 aliphatic carbocycles. The van der Waals surface area contributed by atoms with Gasteiger partial charge in [0.25, 0.3) is 0 Å². The summed E-state index contributed by atoms with van der Waals surface area (Å²) in [6, 6.07) is 11.3. The van der Waals surface area contributed by atoms with Crippen LogP contribution in [0.2, 0.25) is 0 Å². The summed E-state index contributed by atoms with van der Waals surface area (Å²) >= 11 is 0. The summed E-state index contributed by atoms with van der Waals surface area (Å²) in [5.74, 6) is 4.85. The Morgan fingerprint density at radius 3 is 2.42 bits per heavy atom. The quantitative estimate of drug-likeness (QED) is 0.433. The highest BCUT2D eigenvalue weighted by molar-refractivity contribution is 5.59. The molecule has 0 radical (unpaired) electrons. The minimum absolute atomic E-state index is 0.549. The summed E-state index contributed by atoms with van der Waals surface area (Å²) in [6.45, 7) is 3.97. The summed E-state index contributed by atoms with van der Waals surface area (Å²) in [5, 5.41) is 8.03. The Hall–Kier alpha value is -4.14. The number of ether oxygens (including phenoxy) is 3. The average molecular weight is 447 g/mol. The first-order chi connectivity index (χ1) is 16.0. The van der Waals surface area contributed by atoms with Crippen molar-refractivity contribution in [2.45, 2.75) is 20.3 Å². The molecule has 0 atom stereocenters. The molecule has 3 aromatic heterocycles. The lowest BCUT2D eigenvalue weighted by Gasteiger charge is -2.12.